The summed E-state index contributed by atoms with van der Waals surface area (Å²) in [5.74, 6) is 1.23. The molecule has 0 spiro atoms. The summed E-state index contributed by atoms with van der Waals surface area (Å²) in [6.07, 6.45) is 7.94. The number of hydrogen-bond acceptors (Lipinski definition) is 7. The van der Waals surface area contributed by atoms with Gasteiger partial charge in [-0.05, 0) is 66.4 Å². The highest BCUT2D eigenvalue weighted by Gasteiger charge is 2.17. The molecule has 1 saturated heterocycles. The van der Waals surface area contributed by atoms with Crippen LogP contribution in [0, 0.1) is 0 Å². The van der Waals surface area contributed by atoms with Crippen LogP contribution in [0.5, 0.6) is 5.88 Å². The van der Waals surface area contributed by atoms with Gasteiger partial charge in [0.1, 0.15) is 12.5 Å². The predicted molar refractivity (Wildman–Crippen MR) is 178 cm³/mol. The Morgan fingerprint density at radius 2 is 1.77 bits per heavy atom. The molecule has 2 aromatic carbocycles. The van der Waals surface area contributed by atoms with Crippen molar-refractivity contribution in [1.29, 1.82) is 0 Å². The first kappa shape index (κ1) is 29.0. The van der Waals surface area contributed by atoms with E-state index >= 15 is 0 Å². The number of anilines is 1. The third-order valence-electron chi connectivity index (χ3n) is 8.10. The van der Waals surface area contributed by atoms with Gasteiger partial charge in [0.25, 0.3) is 0 Å². The number of azo groups is 1. The van der Waals surface area contributed by atoms with Crippen LogP contribution in [0.4, 0.5) is 11.5 Å². The minimum Gasteiger partial charge on any atom is -0.494 e. The van der Waals surface area contributed by atoms with E-state index in [9.17, 15) is 5.11 Å². The quantitative estimate of drug-likeness (QED) is 0.204. The van der Waals surface area contributed by atoms with Crippen LogP contribution < -0.4 is 15.3 Å². The number of fused-ring (bicyclic) bond motifs is 2. The van der Waals surface area contributed by atoms with Crippen molar-refractivity contribution in [1.82, 2.24) is 14.5 Å². The molecule has 0 saturated carbocycles. The molecular weight excluding hydrogens is 553 g/mol. The van der Waals surface area contributed by atoms with Crippen LogP contribution in [-0.4, -0.2) is 67.5 Å². The topological polar surface area (TPSA) is 78.5 Å². The van der Waals surface area contributed by atoms with Gasteiger partial charge >= 0.3 is 0 Å². The molecule has 0 radical (unpaired) electrons. The summed E-state index contributed by atoms with van der Waals surface area (Å²) < 4.78 is 7.84. The maximum Gasteiger partial charge on any atom is 0.201 e. The molecule has 6 rings (SSSR count). The fraction of sp³-hybridized carbons (Fsp3) is 0.324. The number of para-hydroxylation sites is 1. The van der Waals surface area contributed by atoms with Gasteiger partial charge in [-0.3, -0.25) is 4.57 Å². The van der Waals surface area contributed by atoms with Gasteiger partial charge in [-0.25, -0.2) is 4.98 Å². The minimum atomic E-state index is -1.19. The number of aromatic hydroxyl groups is 1. The standard InChI is InChI=1S/C34H40N6O2Si/c1-38-15-17-39(18-16-38)33-14-11-25(23-35-33)10-13-30-28-12-9-26(22-31(28)37-36-30)21-29-27-7-5-6-8-32(27)40(34(29)41)24-42-19-20-43(2,3)4/h5-14,21-23,41H,15-20,24H2,1-4H3. The third kappa shape index (κ3) is 6.64. The number of hydrogen-bond donors (Lipinski definition) is 1. The molecule has 1 N–H and O–H groups in total. The molecule has 1 fully saturated rings. The Labute approximate surface area is 254 Å². The zero-order valence-electron chi connectivity index (χ0n) is 25.5. The fourth-order valence-corrected chi connectivity index (χ4v) is 6.16. The van der Waals surface area contributed by atoms with E-state index in [4.69, 9.17) is 4.74 Å². The lowest BCUT2D eigenvalue weighted by atomic mass is 10.1. The van der Waals surface area contributed by atoms with Crippen molar-refractivity contribution in [3.05, 3.63) is 88.4 Å². The summed E-state index contributed by atoms with van der Waals surface area (Å²) in [6.45, 7) is 12.2. The molecule has 222 valence electrons. The first-order valence-electron chi connectivity index (χ1n) is 15.0. The van der Waals surface area contributed by atoms with E-state index in [1.807, 2.05) is 71.5 Å². The van der Waals surface area contributed by atoms with Crippen LogP contribution in [0.25, 0.3) is 28.8 Å². The smallest absolute Gasteiger partial charge is 0.201 e. The van der Waals surface area contributed by atoms with Crippen LogP contribution in [0.2, 0.25) is 25.7 Å². The van der Waals surface area contributed by atoms with E-state index in [1.54, 1.807) is 0 Å². The summed E-state index contributed by atoms with van der Waals surface area (Å²) in [4.78, 5) is 9.36. The minimum absolute atomic E-state index is 0.207. The Balaban J connectivity index is 1.22. The van der Waals surface area contributed by atoms with Gasteiger partial charge in [-0.2, -0.15) is 0 Å². The molecule has 9 heteroatoms. The monoisotopic (exact) mass is 592 g/mol. The lowest BCUT2D eigenvalue weighted by molar-refractivity contribution is 0.0849. The molecule has 2 aliphatic rings. The van der Waals surface area contributed by atoms with Crippen molar-refractivity contribution in [3.63, 3.8) is 0 Å². The number of rotatable bonds is 9. The second-order valence-electron chi connectivity index (χ2n) is 12.6. The van der Waals surface area contributed by atoms with Gasteiger partial charge in [0.05, 0.1) is 16.9 Å². The number of piperazine rings is 1. The molecule has 43 heavy (non-hydrogen) atoms. The van der Waals surface area contributed by atoms with E-state index in [0.29, 0.717) is 13.3 Å². The molecule has 0 bridgehead atoms. The average Bonchev–Trinajstić information content (AvgIpc) is 3.52. The van der Waals surface area contributed by atoms with Crippen molar-refractivity contribution in [2.75, 3.05) is 44.7 Å². The van der Waals surface area contributed by atoms with Crippen LogP contribution in [-0.2, 0) is 11.5 Å². The van der Waals surface area contributed by atoms with Gasteiger partial charge < -0.3 is 19.6 Å². The molecule has 4 heterocycles. The van der Waals surface area contributed by atoms with Gasteiger partial charge in [0, 0.05) is 63.2 Å². The van der Waals surface area contributed by atoms with Crippen molar-refractivity contribution in [3.8, 4) is 5.88 Å². The highest BCUT2D eigenvalue weighted by molar-refractivity contribution is 6.76. The zero-order valence-corrected chi connectivity index (χ0v) is 26.5. The zero-order chi connectivity index (χ0) is 30.0. The number of aromatic nitrogens is 2. The third-order valence-corrected chi connectivity index (χ3v) is 9.81. The van der Waals surface area contributed by atoms with Crippen LogP contribution in [0.3, 0.4) is 0 Å². The Kier molecular flexibility index (Phi) is 8.29. The molecule has 0 aliphatic carbocycles. The first-order valence-corrected chi connectivity index (χ1v) is 18.7. The second kappa shape index (κ2) is 12.3. The molecule has 0 amide bonds. The summed E-state index contributed by atoms with van der Waals surface area (Å²) in [6, 6.07) is 19.4. The molecule has 0 unspecified atom stereocenters. The maximum atomic E-state index is 11.2. The molecule has 2 aliphatic heterocycles. The molecule has 4 aromatic rings. The molecular formula is C34H40N6O2Si. The number of nitrogens with zero attached hydrogens (tertiary/aromatic N) is 6. The summed E-state index contributed by atoms with van der Waals surface area (Å²) in [5.41, 5.74) is 4.38. The lowest BCUT2D eigenvalue weighted by Crippen LogP contribution is -2.44. The van der Waals surface area contributed by atoms with Gasteiger partial charge in [-0.1, -0.05) is 50.0 Å². The van der Waals surface area contributed by atoms with Crippen LogP contribution in [0.15, 0.2) is 77.1 Å². The van der Waals surface area contributed by atoms with Crippen molar-refractivity contribution < 1.29 is 9.84 Å². The predicted octanol–water partition coefficient (Wildman–Crippen LogP) is 5.55. The number of benzene rings is 2. The normalized spacial score (nSPS) is 16.2. The highest BCUT2D eigenvalue weighted by atomic mass is 28.3. The number of ether oxygens (including phenoxy) is 1. The summed E-state index contributed by atoms with van der Waals surface area (Å²) in [5, 5.41) is 23.0. The summed E-state index contributed by atoms with van der Waals surface area (Å²) >= 11 is 0. The van der Waals surface area contributed by atoms with Crippen LogP contribution >= 0.6 is 0 Å². The number of pyridine rings is 1. The average molecular weight is 593 g/mol. The Morgan fingerprint density at radius 3 is 2.53 bits per heavy atom. The van der Waals surface area contributed by atoms with E-state index in [-0.39, 0.29) is 5.88 Å². The largest absolute Gasteiger partial charge is 0.494 e. The van der Waals surface area contributed by atoms with Crippen molar-refractivity contribution in [2.24, 2.45) is 10.2 Å². The van der Waals surface area contributed by atoms with E-state index in [2.05, 4.69) is 63.8 Å². The van der Waals surface area contributed by atoms with Gasteiger partial charge in [0.15, 0.2) is 0 Å². The first-order chi connectivity index (χ1) is 20.7. The Bertz CT molecular complexity index is 1800. The molecule has 8 nitrogen and oxygen atoms in total. The van der Waals surface area contributed by atoms with Gasteiger partial charge in [-0.15, -0.1) is 10.2 Å². The molecule has 2 aromatic heterocycles. The molecule has 0 atom stereocenters. The Morgan fingerprint density at radius 1 is 0.953 bits per heavy atom. The van der Waals surface area contributed by atoms with E-state index in [1.165, 1.54) is 0 Å². The van der Waals surface area contributed by atoms with Crippen molar-refractivity contribution >= 4 is 48.3 Å². The number of likely N-dealkylation sites (N-methyl/N-ethyl adjacent to an activating group) is 1. The van der Waals surface area contributed by atoms with Crippen LogP contribution in [0.1, 0.15) is 11.1 Å². The second-order valence-corrected chi connectivity index (χ2v) is 18.2. The van der Waals surface area contributed by atoms with E-state index in [0.717, 1.165) is 81.9 Å². The van der Waals surface area contributed by atoms with E-state index < -0.39 is 8.07 Å². The fourth-order valence-electron chi connectivity index (χ4n) is 5.41. The maximum absolute atomic E-state index is 11.2. The lowest BCUT2D eigenvalue weighted by Gasteiger charge is -2.33. The van der Waals surface area contributed by atoms with Gasteiger partial charge in [0.2, 0.25) is 5.88 Å². The highest BCUT2D eigenvalue weighted by Crippen LogP contribution is 2.32. The van der Waals surface area contributed by atoms with Crippen molar-refractivity contribution in [2.45, 2.75) is 32.4 Å². The summed E-state index contributed by atoms with van der Waals surface area (Å²) in [7, 11) is 0.973. The Hall–Kier alpha value is -4.05. The SMILES string of the molecule is CN1CCN(c2ccc(C=CC3=c4ccc(=Cc5c(O)n(COCC[Si](C)(C)C)c6ccccc56)cc4N=N3)cn2)CC1.